The second kappa shape index (κ2) is 8.79. The standard InChI is InChI=1S/C20H22N2O5S/c1-4-26-19(23)17-16(11-27-15-7-5-14(25-3)6-8-15)22(2)20(24)21-18(17)13-9-10-28-12-13/h5-10,12,18H,4,11H2,1-3H3,(H,21,24)/t18-/m0/s1. The highest BCUT2D eigenvalue weighted by Gasteiger charge is 2.37. The topological polar surface area (TPSA) is 77.1 Å². The van der Waals surface area contributed by atoms with Crippen molar-refractivity contribution in [2.45, 2.75) is 13.0 Å². The molecule has 0 bridgehead atoms. The van der Waals surface area contributed by atoms with Gasteiger partial charge < -0.3 is 19.5 Å². The van der Waals surface area contributed by atoms with Gasteiger partial charge in [0.25, 0.3) is 0 Å². The van der Waals surface area contributed by atoms with E-state index in [0.717, 1.165) is 5.56 Å². The maximum atomic E-state index is 12.7. The van der Waals surface area contributed by atoms with Gasteiger partial charge in [0.1, 0.15) is 18.1 Å². The summed E-state index contributed by atoms with van der Waals surface area (Å²) in [6.07, 6.45) is 0. The van der Waals surface area contributed by atoms with Crippen molar-refractivity contribution in [3.8, 4) is 11.5 Å². The zero-order valence-electron chi connectivity index (χ0n) is 15.9. The van der Waals surface area contributed by atoms with Crippen LogP contribution in [0, 0.1) is 0 Å². The van der Waals surface area contributed by atoms with E-state index in [1.807, 2.05) is 16.8 Å². The summed E-state index contributed by atoms with van der Waals surface area (Å²) < 4.78 is 16.2. The van der Waals surface area contributed by atoms with Crippen LogP contribution < -0.4 is 14.8 Å². The number of ether oxygens (including phenoxy) is 3. The van der Waals surface area contributed by atoms with Crippen LogP contribution in [-0.2, 0) is 9.53 Å². The van der Waals surface area contributed by atoms with Crippen molar-refractivity contribution in [1.29, 1.82) is 0 Å². The molecular weight excluding hydrogens is 380 g/mol. The fraction of sp³-hybridized carbons (Fsp3) is 0.300. The average Bonchev–Trinajstić information content (AvgIpc) is 3.24. The Hall–Kier alpha value is -3.00. The first-order valence-corrected chi connectivity index (χ1v) is 9.72. The molecule has 1 aromatic heterocycles. The summed E-state index contributed by atoms with van der Waals surface area (Å²) in [4.78, 5) is 26.6. The maximum absolute atomic E-state index is 12.7. The summed E-state index contributed by atoms with van der Waals surface area (Å²) in [5.74, 6) is 0.840. The molecule has 0 fully saturated rings. The molecule has 2 heterocycles. The number of hydrogen-bond donors (Lipinski definition) is 1. The van der Waals surface area contributed by atoms with Crippen LogP contribution in [0.5, 0.6) is 11.5 Å². The maximum Gasteiger partial charge on any atom is 0.338 e. The Balaban J connectivity index is 1.95. The van der Waals surface area contributed by atoms with Crippen LogP contribution in [0.4, 0.5) is 4.79 Å². The molecule has 2 aromatic rings. The number of rotatable bonds is 7. The molecule has 1 aliphatic rings. The Morgan fingerprint density at radius 1 is 1.21 bits per heavy atom. The first-order chi connectivity index (χ1) is 13.5. The van der Waals surface area contributed by atoms with Crippen molar-refractivity contribution in [2.75, 3.05) is 27.4 Å². The van der Waals surface area contributed by atoms with E-state index in [-0.39, 0.29) is 19.2 Å². The lowest BCUT2D eigenvalue weighted by Crippen LogP contribution is -2.48. The minimum atomic E-state index is -0.580. The van der Waals surface area contributed by atoms with Gasteiger partial charge in [0, 0.05) is 7.05 Å². The Kier molecular flexibility index (Phi) is 6.20. The predicted octanol–water partition coefficient (Wildman–Crippen LogP) is 3.35. The van der Waals surface area contributed by atoms with E-state index in [9.17, 15) is 9.59 Å². The van der Waals surface area contributed by atoms with Gasteiger partial charge >= 0.3 is 12.0 Å². The summed E-state index contributed by atoms with van der Waals surface area (Å²) in [6, 6.07) is 8.08. The van der Waals surface area contributed by atoms with Crippen molar-refractivity contribution >= 4 is 23.3 Å². The highest BCUT2D eigenvalue weighted by molar-refractivity contribution is 7.08. The van der Waals surface area contributed by atoms with Crippen LogP contribution in [0.3, 0.4) is 0 Å². The molecule has 0 saturated heterocycles. The third-order valence-electron chi connectivity index (χ3n) is 4.38. The Morgan fingerprint density at radius 3 is 2.54 bits per heavy atom. The largest absolute Gasteiger partial charge is 0.497 e. The lowest BCUT2D eigenvalue weighted by Gasteiger charge is -2.34. The number of esters is 1. The van der Waals surface area contributed by atoms with Crippen molar-refractivity contribution in [1.82, 2.24) is 10.2 Å². The fourth-order valence-electron chi connectivity index (χ4n) is 2.89. The number of amides is 2. The summed E-state index contributed by atoms with van der Waals surface area (Å²) in [7, 11) is 3.19. The van der Waals surface area contributed by atoms with Crippen LogP contribution in [0.15, 0.2) is 52.4 Å². The number of carbonyl (C=O) groups excluding carboxylic acids is 2. The van der Waals surface area contributed by atoms with E-state index in [1.165, 1.54) is 16.2 Å². The van der Waals surface area contributed by atoms with Crippen molar-refractivity contribution in [2.24, 2.45) is 0 Å². The molecule has 2 amide bonds. The minimum absolute atomic E-state index is 0.0467. The van der Waals surface area contributed by atoms with Gasteiger partial charge in [0.15, 0.2) is 0 Å². The van der Waals surface area contributed by atoms with Crippen molar-refractivity contribution in [3.63, 3.8) is 0 Å². The number of methoxy groups -OCH3 is 1. The molecule has 3 rings (SSSR count). The Bertz CT molecular complexity index is 861. The number of hydrogen-bond acceptors (Lipinski definition) is 6. The average molecular weight is 402 g/mol. The van der Waals surface area contributed by atoms with E-state index in [1.54, 1.807) is 45.3 Å². The molecule has 148 valence electrons. The van der Waals surface area contributed by atoms with Crippen LogP contribution in [-0.4, -0.2) is 44.3 Å². The molecular formula is C20H22N2O5S. The number of nitrogens with zero attached hydrogens (tertiary/aromatic N) is 1. The van der Waals surface area contributed by atoms with Crippen LogP contribution in [0.1, 0.15) is 18.5 Å². The molecule has 1 aliphatic heterocycles. The molecule has 1 atom stereocenters. The molecule has 0 unspecified atom stereocenters. The highest BCUT2D eigenvalue weighted by Crippen LogP contribution is 2.32. The second-order valence-electron chi connectivity index (χ2n) is 6.04. The summed E-state index contributed by atoms with van der Waals surface area (Å²) in [6.45, 7) is 2.03. The number of thiophene rings is 1. The summed E-state index contributed by atoms with van der Waals surface area (Å²) in [5, 5.41) is 6.66. The molecule has 1 N–H and O–H groups in total. The van der Waals surface area contributed by atoms with Gasteiger partial charge in [-0.05, 0) is 53.6 Å². The number of benzene rings is 1. The SMILES string of the molecule is CCOC(=O)C1=C(COc2ccc(OC)cc2)N(C)C(=O)N[C@H]1c1ccsc1. The second-order valence-corrected chi connectivity index (χ2v) is 6.82. The molecule has 0 spiro atoms. The Labute approximate surface area is 167 Å². The predicted molar refractivity (Wildman–Crippen MR) is 106 cm³/mol. The number of nitrogens with one attached hydrogen (secondary N) is 1. The molecule has 0 aliphatic carbocycles. The van der Waals surface area contributed by atoms with E-state index in [2.05, 4.69) is 5.32 Å². The van der Waals surface area contributed by atoms with Crippen LogP contribution in [0.25, 0.3) is 0 Å². The van der Waals surface area contributed by atoms with Gasteiger partial charge in [0.2, 0.25) is 0 Å². The van der Waals surface area contributed by atoms with E-state index in [0.29, 0.717) is 22.8 Å². The molecule has 0 saturated carbocycles. The smallest absolute Gasteiger partial charge is 0.338 e. The molecule has 1 aromatic carbocycles. The molecule has 8 heteroatoms. The van der Waals surface area contributed by atoms with Crippen molar-refractivity contribution < 1.29 is 23.8 Å². The summed E-state index contributed by atoms with van der Waals surface area (Å²) in [5.41, 5.74) is 1.67. The van der Waals surface area contributed by atoms with Crippen molar-refractivity contribution in [3.05, 3.63) is 57.9 Å². The van der Waals surface area contributed by atoms with Gasteiger partial charge in [-0.1, -0.05) is 0 Å². The van der Waals surface area contributed by atoms with E-state index < -0.39 is 12.0 Å². The third-order valence-corrected chi connectivity index (χ3v) is 5.09. The zero-order chi connectivity index (χ0) is 20.1. The normalized spacial score (nSPS) is 16.6. The fourth-order valence-corrected chi connectivity index (χ4v) is 3.58. The third kappa shape index (κ3) is 4.12. The van der Waals surface area contributed by atoms with Crippen LogP contribution >= 0.6 is 11.3 Å². The highest BCUT2D eigenvalue weighted by atomic mass is 32.1. The van der Waals surface area contributed by atoms with Gasteiger partial charge in [-0.25, -0.2) is 9.59 Å². The number of urea groups is 1. The minimum Gasteiger partial charge on any atom is -0.497 e. The lowest BCUT2D eigenvalue weighted by molar-refractivity contribution is -0.139. The van der Waals surface area contributed by atoms with Gasteiger partial charge in [-0.3, -0.25) is 4.90 Å². The molecule has 28 heavy (non-hydrogen) atoms. The van der Waals surface area contributed by atoms with Gasteiger partial charge in [-0.15, -0.1) is 0 Å². The zero-order valence-corrected chi connectivity index (χ0v) is 16.7. The first-order valence-electron chi connectivity index (χ1n) is 8.78. The van der Waals surface area contributed by atoms with Gasteiger partial charge in [0.05, 0.1) is 31.0 Å². The van der Waals surface area contributed by atoms with Crippen LogP contribution in [0.2, 0.25) is 0 Å². The molecule has 0 radical (unpaired) electrons. The number of likely N-dealkylation sites (N-methyl/N-ethyl adjacent to an activating group) is 1. The van der Waals surface area contributed by atoms with E-state index >= 15 is 0 Å². The first kappa shape index (κ1) is 19.8. The van der Waals surface area contributed by atoms with E-state index in [4.69, 9.17) is 14.2 Å². The molecule has 7 nitrogen and oxygen atoms in total. The Morgan fingerprint density at radius 2 is 1.93 bits per heavy atom. The summed E-state index contributed by atoms with van der Waals surface area (Å²) >= 11 is 1.49. The van der Waals surface area contributed by atoms with Gasteiger partial charge in [-0.2, -0.15) is 11.3 Å². The monoisotopic (exact) mass is 402 g/mol. The quantitative estimate of drug-likeness (QED) is 0.719. The number of carbonyl (C=O) groups is 2. The lowest BCUT2D eigenvalue weighted by atomic mass is 9.97.